The van der Waals surface area contributed by atoms with Crippen LogP contribution in [0.5, 0.6) is 5.75 Å². The van der Waals surface area contributed by atoms with Crippen LogP contribution in [0.1, 0.15) is 67.5 Å². The third kappa shape index (κ3) is 5.42. The number of aliphatic imine (C=N–C) groups is 2. The molecule has 2 aromatic rings. The van der Waals surface area contributed by atoms with Gasteiger partial charge in [0.25, 0.3) is 0 Å². The molecule has 1 heterocycles. The number of nitriles is 1. The lowest BCUT2D eigenvalue weighted by Crippen LogP contribution is -2.41. The van der Waals surface area contributed by atoms with Gasteiger partial charge in [0.2, 0.25) is 0 Å². The number of nitrogens with zero attached hydrogens (tertiary/aromatic N) is 4. The number of hydrogen-bond acceptors (Lipinski definition) is 5. The van der Waals surface area contributed by atoms with E-state index in [4.69, 9.17) is 15.5 Å². The van der Waals surface area contributed by atoms with Crippen molar-refractivity contribution in [1.29, 1.82) is 5.26 Å². The Morgan fingerprint density at radius 3 is 2.75 bits per heavy atom. The molecule has 8 nitrogen and oxygen atoms in total. The molecule has 1 saturated heterocycles. The molecule has 3 N–H and O–H groups in total. The van der Waals surface area contributed by atoms with Crippen molar-refractivity contribution in [2.75, 3.05) is 20.1 Å². The number of nitrogens with one attached hydrogen (secondary N) is 1. The molecule has 1 unspecified atom stereocenters. The number of carbonyl (C=O) groups excluding carboxylic acids is 1. The van der Waals surface area contributed by atoms with Gasteiger partial charge >= 0.3 is 6.03 Å². The van der Waals surface area contributed by atoms with E-state index in [1.165, 1.54) is 0 Å². The molecule has 8 heteroatoms. The number of fused-ring (bicyclic) bond motifs is 1. The number of urea groups is 1. The molecular weight excluding hydrogens is 452 g/mol. The fraction of sp³-hybridized carbons (Fsp3) is 0.429. The number of hydrogen-bond donors (Lipinski definition) is 2. The second kappa shape index (κ2) is 10.9. The van der Waals surface area contributed by atoms with Crippen LogP contribution in [0.2, 0.25) is 0 Å². The van der Waals surface area contributed by atoms with Gasteiger partial charge in [-0.3, -0.25) is 4.99 Å². The summed E-state index contributed by atoms with van der Waals surface area (Å²) in [6.07, 6.45) is 2.50. The number of carbonyl (C=O) groups is 1. The highest BCUT2D eigenvalue weighted by Gasteiger charge is 2.30. The first kappa shape index (κ1) is 25.4. The van der Waals surface area contributed by atoms with E-state index in [0.717, 1.165) is 47.2 Å². The summed E-state index contributed by atoms with van der Waals surface area (Å²) in [7, 11) is 1.73. The van der Waals surface area contributed by atoms with Crippen molar-refractivity contribution >= 4 is 17.6 Å². The quantitative estimate of drug-likeness (QED) is 0.491. The fourth-order valence-corrected chi connectivity index (χ4v) is 4.88. The third-order valence-corrected chi connectivity index (χ3v) is 6.69. The standard InChI is InChI=1S/C28H34N6O2/c1-17(2)36-26-11-8-19(14-20(26)15-29)18(3)32-27(31-4)24-7-5-6-23-22(24)9-10-25(23)33-28(35)34-13-12-21(30)16-34/h5-8,11,14,17,21,25H,9-10,12-13,16,30H2,1-4H3,(H,33,35)/t21-,25?/m0/s1. The average Bonchev–Trinajstić information content (AvgIpc) is 3.48. The fourth-order valence-electron chi connectivity index (χ4n) is 4.88. The van der Waals surface area contributed by atoms with E-state index in [2.05, 4.69) is 22.4 Å². The Balaban J connectivity index is 1.56. The van der Waals surface area contributed by atoms with Gasteiger partial charge in [-0.25, -0.2) is 9.79 Å². The van der Waals surface area contributed by atoms with Crippen molar-refractivity contribution in [3.05, 3.63) is 64.2 Å². The first-order valence-corrected chi connectivity index (χ1v) is 12.5. The largest absolute Gasteiger partial charge is 0.490 e. The van der Waals surface area contributed by atoms with Crippen LogP contribution < -0.4 is 15.8 Å². The Hall–Kier alpha value is -3.70. The predicted molar refractivity (Wildman–Crippen MR) is 142 cm³/mol. The number of rotatable bonds is 5. The van der Waals surface area contributed by atoms with Crippen LogP contribution in [-0.2, 0) is 6.42 Å². The molecule has 1 fully saturated rings. The minimum absolute atomic E-state index is 0.0155. The summed E-state index contributed by atoms with van der Waals surface area (Å²) in [5.74, 6) is 1.20. The van der Waals surface area contributed by atoms with Gasteiger partial charge in [-0.1, -0.05) is 18.2 Å². The zero-order chi connectivity index (χ0) is 25.8. The SMILES string of the molecule is CN=C(N=C(C)c1ccc(OC(C)C)c(C#N)c1)c1cccc2c1CCC2NC(=O)N1CC[C@H](N)C1. The molecule has 0 saturated carbocycles. The Morgan fingerprint density at radius 1 is 1.28 bits per heavy atom. The molecule has 0 bridgehead atoms. The minimum atomic E-state index is -0.0531. The minimum Gasteiger partial charge on any atom is -0.490 e. The van der Waals surface area contributed by atoms with E-state index in [1.54, 1.807) is 18.0 Å². The van der Waals surface area contributed by atoms with Crippen molar-refractivity contribution in [2.24, 2.45) is 15.7 Å². The molecule has 1 aliphatic heterocycles. The predicted octanol–water partition coefficient (Wildman–Crippen LogP) is 3.96. The lowest BCUT2D eigenvalue weighted by atomic mass is 10.0. The number of amides is 2. The molecular formula is C28H34N6O2. The molecule has 1 aliphatic carbocycles. The zero-order valence-electron chi connectivity index (χ0n) is 21.4. The maximum atomic E-state index is 12.8. The van der Waals surface area contributed by atoms with E-state index in [9.17, 15) is 10.1 Å². The van der Waals surface area contributed by atoms with Gasteiger partial charge in [0.15, 0.2) is 5.84 Å². The van der Waals surface area contributed by atoms with E-state index in [0.29, 0.717) is 30.2 Å². The number of ether oxygens (including phenoxy) is 1. The normalized spacial score (nSPS) is 19.9. The monoisotopic (exact) mass is 486 g/mol. The third-order valence-electron chi connectivity index (χ3n) is 6.69. The van der Waals surface area contributed by atoms with Crippen LogP contribution >= 0.6 is 0 Å². The lowest BCUT2D eigenvalue weighted by molar-refractivity contribution is 0.204. The van der Waals surface area contributed by atoms with Gasteiger partial charge in [0.05, 0.1) is 17.7 Å². The van der Waals surface area contributed by atoms with Crippen LogP contribution in [0.25, 0.3) is 0 Å². The van der Waals surface area contributed by atoms with Crippen molar-refractivity contribution in [1.82, 2.24) is 10.2 Å². The lowest BCUT2D eigenvalue weighted by Gasteiger charge is -2.21. The Kier molecular flexibility index (Phi) is 7.70. The Labute approximate surface area is 212 Å². The maximum absolute atomic E-state index is 12.8. The molecule has 0 radical (unpaired) electrons. The Morgan fingerprint density at radius 2 is 2.08 bits per heavy atom. The number of nitrogens with two attached hydrogens (primary N) is 1. The zero-order valence-corrected chi connectivity index (χ0v) is 21.4. The highest BCUT2D eigenvalue weighted by Crippen LogP contribution is 2.34. The molecule has 2 amide bonds. The summed E-state index contributed by atoms with van der Waals surface area (Å²) < 4.78 is 5.74. The molecule has 36 heavy (non-hydrogen) atoms. The second-order valence-corrected chi connectivity index (χ2v) is 9.64. The summed E-state index contributed by atoms with van der Waals surface area (Å²) in [5.41, 5.74) is 11.3. The first-order chi connectivity index (χ1) is 17.3. The van der Waals surface area contributed by atoms with Gasteiger partial charge in [-0.05, 0) is 74.9 Å². The van der Waals surface area contributed by atoms with Crippen LogP contribution in [-0.4, -0.2) is 54.8 Å². The topological polar surface area (TPSA) is 116 Å². The van der Waals surface area contributed by atoms with Gasteiger partial charge in [-0.15, -0.1) is 0 Å². The van der Waals surface area contributed by atoms with Gasteiger partial charge in [-0.2, -0.15) is 5.26 Å². The van der Waals surface area contributed by atoms with E-state index >= 15 is 0 Å². The summed E-state index contributed by atoms with van der Waals surface area (Å²) in [6, 6.07) is 13.8. The van der Waals surface area contributed by atoms with Gasteiger partial charge in [0.1, 0.15) is 11.8 Å². The Bertz CT molecular complexity index is 1240. The van der Waals surface area contributed by atoms with Crippen LogP contribution in [0.3, 0.4) is 0 Å². The molecule has 4 rings (SSSR count). The summed E-state index contributed by atoms with van der Waals surface area (Å²) in [6.45, 7) is 7.08. The molecule has 2 aliphatic rings. The van der Waals surface area contributed by atoms with Gasteiger partial charge < -0.3 is 20.7 Å². The van der Waals surface area contributed by atoms with E-state index in [-0.39, 0.29) is 24.2 Å². The van der Waals surface area contributed by atoms with Crippen molar-refractivity contribution in [2.45, 2.75) is 58.2 Å². The number of benzene rings is 2. The van der Waals surface area contributed by atoms with Crippen molar-refractivity contribution in [3.8, 4) is 11.8 Å². The molecule has 2 atom stereocenters. The smallest absolute Gasteiger partial charge is 0.317 e. The van der Waals surface area contributed by atoms with Crippen molar-refractivity contribution in [3.63, 3.8) is 0 Å². The van der Waals surface area contributed by atoms with E-state index in [1.807, 2.05) is 45.0 Å². The van der Waals surface area contributed by atoms with Crippen molar-refractivity contribution < 1.29 is 9.53 Å². The molecule has 2 aromatic carbocycles. The molecule has 0 spiro atoms. The first-order valence-electron chi connectivity index (χ1n) is 12.5. The van der Waals surface area contributed by atoms with Gasteiger partial charge in [0, 0.05) is 37.5 Å². The number of likely N-dealkylation sites (tertiary alicyclic amines) is 1. The maximum Gasteiger partial charge on any atom is 0.317 e. The highest BCUT2D eigenvalue weighted by molar-refractivity contribution is 6.12. The van der Waals surface area contributed by atoms with E-state index < -0.39 is 0 Å². The van der Waals surface area contributed by atoms with Crippen LogP contribution in [0.4, 0.5) is 4.79 Å². The average molecular weight is 487 g/mol. The second-order valence-electron chi connectivity index (χ2n) is 9.64. The summed E-state index contributed by atoms with van der Waals surface area (Å²) >= 11 is 0. The van der Waals surface area contributed by atoms with Crippen LogP contribution in [0, 0.1) is 11.3 Å². The van der Waals surface area contributed by atoms with Crippen LogP contribution in [0.15, 0.2) is 46.4 Å². The molecule has 0 aromatic heterocycles. The summed E-state index contributed by atoms with van der Waals surface area (Å²) in [4.78, 5) is 23.9. The summed E-state index contributed by atoms with van der Waals surface area (Å²) in [5, 5.41) is 12.8. The highest BCUT2D eigenvalue weighted by atomic mass is 16.5. The molecule has 188 valence electrons. The number of amidine groups is 1.